The maximum atomic E-state index is 9.12. The molecule has 4 nitrogen and oxygen atoms in total. The standard InChI is InChI=1S/C13H17N3O/c1-17-12-3-2-10(9-14)13(8-12)16-6-4-11(15)5-7-16/h2-3,8,11H,4-7,15H2,1H3. The summed E-state index contributed by atoms with van der Waals surface area (Å²) < 4.78 is 5.21. The Kier molecular flexibility index (Phi) is 3.50. The van der Waals surface area contributed by atoms with Gasteiger partial charge in [0.05, 0.1) is 18.4 Å². The molecular formula is C13H17N3O. The van der Waals surface area contributed by atoms with Crippen LogP contribution in [-0.4, -0.2) is 26.2 Å². The van der Waals surface area contributed by atoms with Crippen LogP contribution in [-0.2, 0) is 0 Å². The molecule has 1 saturated heterocycles. The molecule has 2 N–H and O–H groups in total. The maximum Gasteiger partial charge on any atom is 0.121 e. The first kappa shape index (κ1) is 11.7. The van der Waals surface area contributed by atoms with Crippen molar-refractivity contribution in [3.63, 3.8) is 0 Å². The predicted octanol–water partition coefficient (Wildman–Crippen LogP) is 1.49. The number of ether oxygens (including phenoxy) is 1. The van der Waals surface area contributed by atoms with Gasteiger partial charge in [-0.2, -0.15) is 5.26 Å². The minimum Gasteiger partial charge on any atom is -0.497 e. The fourth-order valence-corrected chi connectivity index (χ4v) is 2.13. The van der Waals surface area contributed by atoms with Gasteiger partial charge >= 0.3 is 0 Å². The first-order chi connectivity index (χ1) is 8.24. The van der Waals surface area contributed by atoms with E-state index < -0.39 is 0 Å². The molecule has 1 aromatic carbocycles. The third kappa shape index (κ3) is 2.51. The first-order valence-electron chi connectivity index (χ1n) is 5.83. The summed E-state index contributed by atoms with van der Waals surface area (Å²) in [6.45, 7) is 1.81. The molecule has 0 aliphatic carbocycles. The highest BCUT2D eigenvalue weighted by Gasteiger charge is 2.19. The Labute approximate surface area is 102 Å². The van der Waals surface area contributed by atoms with Crippen LogP contribution in [0.15, 0.2) is 18.2 Å². The fourth-order valence-electron chi connectivity index (χ4n) is 2.13. The number of hydrogen-bond donors (Lipinski definition) is 1. The quantitative estimate of drug-likeness (QED) is 0.837. The van der Waals surface area contributed by atoms with Gasteiger partial charge in [0.25, 0.3) is 0 Å². The van der Waals surface area contributed by atoms with Crippen molar-refractivity contribution in [1.29, 1.82) is 5.26 Å². The zero-order valence-corrected chi connectivity index (χ0v) is 10.0. The SMILES string of the molecule is COc1ccc(C#N)c(N2CCC(N)CC2)c1. The summed E-state index contributed by atoms with van der Waals surface area (Å²) in [5.74, 6) is 0.786. The van der Waals surface area contributed by atoms with Gasteiger partial charge in [-0.1, -0.05) is 0 Å². The van der Waals surface area contributed by atoms with E-state index in [9.17, 15) is 0 Å². The number of methoxy groups -OCH3 is 1. The van der Waals surface area contributed by atoms with Crippen molar-refractivity contribution in [2.75, 3.05) is 25.1 Å². The average Bonchev–Trinajstić information content (AvgIpc) is 2.39. The Bertz CT molecular complexity index is 431. The number of benzene rings is 1. The van der Waals surface area contributed by atoms with Crippen molar-refractivity contribution in [1.82, 2.24) is 0 Å². The van der Waals surface area contributed by atoms with Crippen molar-refractivity contribution >= 4 is 5.69 Å². The molecule has 0 atom stereocenters. The van der Waals surface area contributed by atoms with Gasteiger partial charge in [-0.15, -0.1) is 0 Å². The van der Waals surface area contributed by atoms with Gasteiger partial charge in [0, 0.05) is 25.2 Å². The molecule has 1 aromatic rings. The molecule has 1 aliphatic rings. The molecule has 17 heavy (non-hydrogen) atoms. The van der Waals surface area contributed by atoms with Crippen LogP contribution in [0.1, 0.15) is 18.4 Å². The van der Waals surface area contributed by atoms with Crippen molar-refractivity contribution < 1.29 is 4.74 Å². The van der Waals surface area contributed by atoms with E-state index in [0.717, 1.165) is 37.4 Å². The molecular weight excluding hydrogens is 214 g/mol. The van der Waals surface area contributed by atoms with Crippen LogP contribution in [0.4, 0.5) is 5.69 Å². The summed E-state index contributed by atoms with van der Waals surface area (Å²) in [4.78, 5) is 2.21. The Hall–Kier alpha value is -1.73. The second-order valence-electron chi connectivity index (χ2n) is 4.32. The zero-order chi connectivity index (χ0) is 12.3. The number of nitriles is 1. The number of rotatable bonds is 2. The van der Waals surface area contributed by atoms with Crippen molar-refractivity contribution in [3.8, 4) is 11.8 Å². The Morgan fingerprint density at radius 2 is 2.12 bits per heavy atom. The van der Waals surface area contributed by atoms with Gasteiger partial charge in [0.15, 0.2) is 0 Å². The van der Waals surface area contributed by atoms with E-state index >= 15 is 0 Å². The first-order valence-corrected chi connectivity index (χ1v) is 5.83. The lowest BCUT2D eigenvalue weighted by molar-refractivity contribution is 0.414. The molecule has 2 rings (SSSR count). The van der Waals surface area contributed by atoms with E-state index in [1.807, 2.05) is 18.2 Å². The molecule has 4 heteroatoms. The van der Waals surface area contributed by atoms with E-state index in [2.05, 4.69) is 11.0 Å². The van der Waals surface area contributed by atoms with Crippen LogP contribution in [0.3, 0.4) is 0 Å². The topological polar surface area (TPSA) is 62.3 Å². The second-order valence-corrected chi connectivity index (χ2v) is 4.32. The molecule has 0 radical (unpaired) electrons. The largest absolute Gasteiger partial charge is 0.497 e. The summed E-state index contributed by atoms with van der Waals surface area (Å²) in [6.07, 6.45) is 1.95. The molecule has 1 fully saturated rings. The Morgan fingerprint density at radius 3 is 2.71 bits per heavy atom. The number of hydrogen-bond acceptors (Lipinski definition) is 4. The highest BCUT2D eigenvalue weighted by Crippen LogP contribution is 2.27. The van der Waals surface area contributed by atoms with E-state index in [1.165, 1.54) is 0 Å². The van der Waals surface area contributed by atoms with Gasteiger partial charge in [-0.05, 0) is 25.0 Å². The lowest BCUT2D eigenvalue weighted by Gasteiger charge is -2.32. The maximum absolute atomic E-state index is 9.12. The van der Waals surface area contributed by atoms with Gasteiger partial charge in [0.2, 0.25) is 0 Å². The smallest absolute Gasteiger partial charge is 0.121 e. The average molecular weight is 231 g/mol. The molecule has 0 aromatic heterocycles. The van der Waals surface area contributed by atoms with Crippen LogP contribution in [0.25, 0.3) is 0 Å². The van der Waals surface area contributed by atoms with Gasteiger partial charge < -0.3 is 15.4 Å². The van der Waals surface area contributed by atoms with Gasteiger partial charge in [-0.25, -0.2) is 0 Å². The summed E-state index contributed by atoms with van der Waals surface area (Å²) in [5, 5.41) is 9.12. The van der Waals surface area contributed by atoms with Crippen molar-refractivity contribution in [3.05, 3.63) is 23.8 Å². The number of anilines is 1. The molecule has 0 spiro atoms. The summed E-state index contributed by atoms with van der Waals surface area (Å²) in [6, 6.07) is 8.07. The predicted molar refractivity (Wildman–Crippen MR) is 67.1 cm³/mol. The minimum atomic E-state index is 0.294. The lowest BCUT2D eigenvalue weighted by Crippen LogP contribution is -2.40. The van der Waals surface area contributed by atoms with Crippen molar-refractivity contribution in [2.24, 2.45) is 5.73 Å². The molecule has 0 unspecified atom stereocenters. The van der Waals surface area contributed by atoms with Crippen molar-refractivity contribution in [2.45, 2.75) is 18.9 Å². The van der Waals surface area contributed by atoms with Crippen LogP contribution in [0.2, 0.25) is 0 Å². The summed E-state index contributed by atoms with van der Waals surface area (Å²) in [7, 11) is 1.64. The van der Waals surface area contributed by atoms with Gasteiger partial charge in [-0.3, -0.25) is 0 Å². The van der Waals surface area contributed by atoms with Gasteiger partial charge in [0.1, 0.15) is 11.8 Å². The molecule has 1 aliphatic heterocycles. The fraction of sp³-hybridized carbons (Fsp3) is 0.462. The Morgan fingerprint density at radius 1 is 1.41 bits per heavy atom. The van der Waals surface area contributed by atoms with Crippen LogP contribution >= 0.6 is 0 Å². The molecule has 0 amide bonds. The van der Waals surface area contributed by atoms with Crippen LogP contribution in [0, 0.1) is 11.3 Å². The number of nitrogens with two attached hydrogens (primary N) is 1. The van der Waals surface area contributed by atoms with Crippen LogP contribution in [0.5, 0.6) is 5.75 Å². The normalized spacial score (nSPS) is 16.6. The molecule has 90 valence electrons. The zero-order valence-electron chi connectivity index (χ0n) is 10.0. The monoisotopic (exact) mass is 231 g/mol. The summed E-state index contributed by atoms with van der Waals surface area (Å²) >= 11 is 0. The van der Waals surface area contributed by atoms with Crippen LogP contribution < -0.4 is 15.4 Å². The lowest BCUT2D eigenvalue weighted by atomic mass is 10.0. The minimum absolute atomic E-state index is 0.294. The highest BCUT2D eigenvalue weighted by molar-refractivity contribution is 5.62. The van der Waals surface area contributed by atoms with E-state index in [1.54, 1.807) is 7.11 Å². The number of piperidine rings is 1. The Balaban J connectivity index is 2.27. The van der Waals surface area contributed by atoms with E-state index in [4.69, 9.17) is 15.7 Å². The third-order valence-corrected chi connectivity index (χ3v) is 3.21. The van der Waals surface area contributed by atoms with E-state index in [0.29, 0.717) is 11.6 Å². The van der Waals surface area contributed by atoms with E-state index in [-0.39, 0.29) is 0 Å². The second kappa shape index (κ2) is 5.07. The molecule has 0 bridgehead atoms. The molecule has 1 heterocycles. The summed E-state index contributed by atoms with van der Waals surface area (Å²) in [5.41, 5.74) is 7.54. The highest BCUT2D eigenvalue weighted by atomic mass is 16.5. The number of nitrogens with zero attached hydrogens (tertiary/aromatic N) is 2. The molecule has 0 saturated carbocycles. The third-order valence-electron chi connectivity index (χ3n) is 3.21.